The number of amides is 1. The van der Waals surface area contributed by atoms with Crippen molar-refractivity contribution in [3.63, 3.8) is 0 Å². The van der Waals surface area contributed by atoms with Gasteiger partial charge in [-0.05, 0) is 48.2 Å². The minimum Gasteiger partial charge on any atom is -0.317 e. The summed E-state index contributed by atoms with van der Waals surface area (Å²) in [5, 5.41) is 5.25. The van der Waals surface area contributed by atoms with Crippen LogP contribution in [0.25, 0.3) is 10.1 Å². The standard InChI is InChI=1S/C22H17ClN4O2S2/c23-18-11-24-12-19-17(18)10-21(30-19)26-22(28)16-9-15(16)13-4-6-14(7-5-13)31(29)27-20-3-1-2-8-25-20/h1-8,10-12,15-16H,9H2,(H,25,27)(H,26,28). The van der Waals surface area contributed by atoms with E-state index >= 15 is 0 Å². The molecular weight excluding hydrogens is 452 g/mol. The quantitative estimate of drug-likeness (QED) is 0.406. The molecule has 1 aliphatic carbocycles. The molecule has 5 rings (SSSR count). The number of nitrogens with one attached hydrogen (secondary N) is 2. The Labute approximate surface area is 190 Å². The molecule has 1 aromatic carbocycles. The van der Waals surface area contributed by atoms with Crippen LogP contribution in [0.4, 0.5) is 10.8 Å². The third-order valence-electron chi connectivity index (χ3n) is 5.16. The van der Waals surface area contributed by atoms with Gasteiger partial charge in [0.2, 0.25) is 5.91 Å². The summed E-state index contributed by atoms with van der Waals surface area (Å²) < 4.78 is 16.3. The highest BCUT2D eigenvalue weighted by Crippen LogP contribution is 2.48. The number of hydrogen-bond donors (Lipinski definition) is 2. The first kappa shape index (κ1) is 20.1. The van der Waals surface area contributed by atoms with Crippen LogP contribution in [-0.2, 0) is 15.8 Å². The van der Waals surface area contributed by atoms with Gasteiger partial charge in [-0.1, -0.05) is 29.8 Å². The summed E-state index contributed by atoms with van der Waals surface area (Å²) in [6.07, 6.45) is 5.79. The van der Waals surface area contributed by atoms with E-state index in [0.717, 1.165) is 27.1 Å². The summed E-state index contributed by atoms with van der Waals surface area (Å²) in [4.78, 5) is 21.5. The minimum absolute atomic E-state index is 0.00473. The van der Waals surface area contributed by atoms with Crippen LogP contribution >= 0.6 is 22.9 Å². The maximum Gasteiger partial charge on any atom is 0.228 e. The van der Waals surface area contributed by atoms with E-state index in [1.54, 1.807) is 30.7 Å². The van der Waals surface area contributed by atoms with Crippen molar-refractivity contribution in [3.05, 3.63) is 77.7 Å². The highest BCUT2D eigenvalue weighted by molar-refractivity contribution is 7.86. The maximum atomic E-state index is 12.7. The van der Waals surface area contributed by atoms with Crippen molar-refractivity contribution in [1.82, 2.24) is 9.97 Å². The van der Waals surface area contributed by atoms with Gasteiger partial charge in [0.1, 0.15) is 5.82 Å². The lowest BCUT2D eigenvalue weighted by molar-refractivity contribution is -0.117. The molecule has 1 amide bonds. The molecule has 0 bridgehead atoms. The lowest BCUT2D eigenvalue weighted by Gasteiger charge is -2.06. The van der Waals surface area contributed by atoms with Crippen molar-refractivity contribution >= 4 is 60.7 Å². The fourth-order valence-electron chi connectivity index (χ4n) is 3.47. The molecule has 3 unspecified atom stereocenters. The fourth-order valence-corrected chi connectivity index (χ4v) is 5.51. The van der Waals surface area contributed by atoms with Gasteiger partial charge in [0.25, 0.3) is 0 Å². The third kappa shape index (κ3) is 4.32. The molecule has 0 spiro atoms. The van der Waals surface area contributed by atoms with E-state index in [-0.39, 0.29) is 17.7 Å². The average Bonchev–Trinajstić information content (AvgIpc) is 3.48. The Hall–Kier alpha value is -2.81. The van der Waals surface area contributed by atoms with Gasteiger partial charge in [0.15, 0.2) is 11.0 Å². The monoisotopic (exact) mass is 468 g/mol. The maximum absolute atomic E-state index is 12.7. The number of aromatic nitrogens is 2. The zero-order chi connectivity index (χ0) is 21.4. The number of thiophene rings is 1. The van der Waals surface area contributed by atoms with Crippen LogP contribution in [0.1, 0.15) is 17.9 Å². The van der Waals surface area contributed by atoms with Crippen LogP contribution in [0.2, 0.25) is 5.02 Å². The van der Waals surface area contributed by atoms with E-state index in [1.165, 1.54) is 11.3 Å². The highest BCUT2D eigenvalue weighted by atomic mass is 35.5. The Morgan fingerprint density at radius 3 is 2.74 bits per heavy atom. The highest BCUT2D eigenvalue weighted by Gasteiger charge is 2.44. The smallest absolute Gasteiger partial charge is 0.228 e. The second-order valence-corrected chi connectivity index (χ2v) is 9.94. The number of hydrogen-bond acceptors (Lipinski definition) is 5. The van der Waals surface area contributed by atoms with Gasteiger partial charge < -0.3 is 5.32 Å². The summed E-state index contributed by atoms with van der Waals surface area (Å²) in [7, 11) is -1.40. The summed E-state index contributed by atoms with van der Waals surface area (Å²) in [5.74, 6) is 0.667. The van der Waals surface area contributed by atoms with Crippen LogP contribution in [0, 0.1) is 5.92 Å². The van der Waals surface area contributed by atoms with E-state index < -0.39 is 11.0 Å². The second kappa shape index (κ2) is 8.37. The van der Waals surface area contributed by atoms with Gasteiger partial charge in [0.05, 0.1) is 19.6 Å². The predicted octanol–water partition coefficient (Wildman–Crippen LogP) is 5.22. The van der Waals surface area contributed by atoms with E-state index in [1.807, 2.05) is 36.4 Å². The van der Waals surface area contributed by atoms with E-state index in [9.17, 15) is 9.00 Å². The van der Waals surface area contributed by atoms with Crippen LogP contribution < -0.4 is 10.0 Å². The summed E-state index contributed by atoms with van der Waals surface area (Å²) in [6, 6.07) is 14.8. The SMILES string of the molecule is O=C(Nc1cc2c(Cl)cncc2s1)C1CC1c1ccc(S(=O)Nc2ccccn2)cc1. The zero-order valence-corrected chi connectivity index (χ0v) is 18.5. The number of carbonyl (C=O) groups is 1. The van der Waals surface area contributed by atoms with E-state index in [4.69, 9.17) is 11.6 Å². The molecule has 0 aliphatic heterocycles. The van der Waals surface area contributed by atoms with Gasteiger partial charge in [0, 0.05) is 29.9 Å². The molecular formula is C22H17ClN4O2S2. The Balaban J connectivity index is 1.21. The largest absolute Gasteiger partial charge is 0.317 e. The van der Waals surface area contributed by atoms with Crippen molar-refractivity contribution in [2.24, 2.45) is 5.92 Å². The Bertz CT molecular complexity index is 1280. The molecule has 3 heterocycles. The number of anilines is 2. The van der Waals surface area contributed by atoms with Crippen LogP contribution in [0.3, 0.4) is 0 Å². The number of carbonyl (C=O) groups excluding carboxylic acids is 1. The number of benzene rings is 1. The first-order valence-corrected chi connectivity index (χ1v) is 12.0. The van der Waals surface area contributed by atoms with Crippen molar-refractivity contribution in [1.29, 1.82) is 0 Å². The van der Waals surface area contributed by atoms with Gasteiger partial charge in [-0.25, -0.2) is 9.19 Å². The first-order chi connectivity index (χ1) is 15.1. The molecule has 4 aromatic rings. The first-order valence-electron chi connectivity index (χ1n) is 9.62. The summed E-state index contributed by atoms with van der Waals surface area (Å²) in [5.41, 5.74) is 1.07. The Kier molecular flexibility index (Phi) is 5.43. The van der Waals surface area contributed by atoms with Crippen molar-refractivity contribution in [2.75, 3.05) is 10.0 Å². The molecule has 2 N–H and O–H groups in total. The lowest BCUT2D eigenvalue weighted by atomic mass is 10.1. The molecule has 6 nitrogen and oxygen atoms in total. The minimum atomic E-state index is -1.40. The molecule has 9 heteroatoms. The van der Waals surface area contributed by atoms with Crippen LogP contribution in [0.5, 0.6) is 0 Å². The predicted molar refractivity (Wildman–Crippen MR) is 125 cm³/mol. The van der Waals surface area contributed by atoms with Crippen LogP contribution in [0.15, 0.2) is 72.0 Å². The van der Waals surface area contributed by atoms with Gasteiger partial charge >= 0.3 is 0 Å². The topological polar surface area (TPSA) is 84.0 Å². The molecule has 0 radical (unpaired) electrons. The van der Waals surface area contributed by atoms with Crippen molar-refractivity contribution in [3.8, 4) is 0 Å². The Morgan fingerprint density at radius 1 is 1.16 bits per heavy atom. The van der Waals surface area contributed by atoms with Crippen molar-refractivity contribution in [2.45, 2.75) is 17.2 Å². The second-order valence-electron chi connectivity index (χ2n) is 7.24. The summed E-state index contributed by atoms with van der Waals surface area (Å²) in [6.45, 7) is 0. The zero-order valence-electron chi connectivity index (χ0n) is 16.1. The number of pyridine rings is 2. The summed E-state index contributed by atoms with van der Waals surface area (Å²) >= 11 is 7.63. The van der Waals surface area contributed by atoms with Crippen molar-refractivity contribution < 1.29 is 9.00 Å². The molecule has 1 fully saturated rings. The molecule has 31 heavy (non-hydrogen) atoms. The fraction of sp³-hybridized carbons (Fsp3) is 0.136. The number of halogens is 1. The third-order valence-corrected chi connectivity index (χ3v) is 7.54. The molecule has 0 saturated heterocycles. The molecule has 1 saturated carbocycles. The lowest BCUT2D eigenvalue weighted by Crippen LogP contribution is -2.13. The van der Waals surface area contributed by atoms with Gasteiger partial charge in [-0.3, -0.25) is 14.5 Å². The molecule has 3 aromatic heterocycles. The average molecular weight is 469 g/mol. The molecule has 3 atom stereocenters. The van der Waals surface area contributed by atoms with Crippen LogP contribution in [-0.4, -0.2) is 20.1 Å². The Morgan fingerprint density at radius 2 is 2.00 bits per heavy atom. The number of nitrogens with zero attached hydrogens (tertiary/aromatic N) is 2. The van der Waals surface area contributed by atoms with Gasteiger partial charge in [-0.2, -0.15) is 0 Å². The normalized spacial score (nSPS) is 18.5. The molecule has 156 valence electrons. The van der Waals surface area contributed by atoms with E-state index in [2.05, 4.69) is 20.0 Å². The molecule has 1 aliphatic rings. The van der Waals surface area contributed by atoms with Gasteiger partial charge in [-0.15, -0.1) is 11.3 Å². The van der Waals surface area contributed by atoms with E-state index in [0.29, 0.717) is 15.7 Å². The number of fused-ring (bicyclic) bond motifs is 1. The number of rotatable bonds is 6.